The number of furan rings is 1. The molecule has 4 heteroatoms. The SMILES string of the molecule is CCN(CCOC)Cc1ccoc1CNC(C)(C)C. The molecule has 0 fully saturated rings. The maximum Gasteiger partial charge on any atom is 0.122 e. The lowest BCUT2D eigenvalue weighted by Gasteiger charge is -2.22. The Labute approximate surface area is 117 Å². The molecule has 0 aliphatic heterocycles. The van der Waals surface area contributed by atoms with Crippen molar-refractivity contribution in [2.75, 3.05) is 26.8 Å². The van der Waals surface area contributed by atoms with Crippen molar-refractivity contribution in [3.63, 3.8) is 0 Å². The second kappa shape index (κ2) is 7.68. The van der Waals surface area contributed by atoms with Crippen LogP contribution in [0.3, 0.4) is 0 Å². The van der Waals surface area contributed by atoms with E-state index in [1.165, 1.54) is 5.56 Å². The molecular weight excluding hydrogens is 240 g/mol. The molecule has 1 N–H and O–H groups in total. The minimum Gasteiger partial charge on any atom is -0.468 e. The molecule has 1 heterocycles. The molecule has 0 saturated heterocycles. The molecule has 0 aliphatic carbocycles. The average Bonchev–Trinajstić information content (AvgIpc) is 2.78. The second-order valence-corrected chi connectivity index (χ2v) is 5.83. The molecule has 1 rings (SSSR count). The van der Waals surface area contributed by atoms with Gasteiger partial charge in [-0.15, -0.1) is 0 Å². The van der Waals surface area contributed by atoms with Gasteiger partial charge in [-0.25, -0.2) is 0 Å². The highest BCUT2D eigenvalue weighted by Gasteiger charge is 2.14. The van der Waals surface area contributed by atoms with Gasteiger partial charge in [0.05, 0.1) is 19.4 Å². The fourth-order valence-electron chi connectivity index (χ4n) is 1.82. The van der Waals surface area contributed by atoms with Crippen LogP contribution in [0.1, 0.15) is 39.0 Å². The Morgan fingerprint density at radius 3 is 2.68 bits per heavy atom. The lowest BCUT2D eigenvalue weighted by molar-refractivity contribution is 0.147. The largest absolute Gasteiger partial charge is 0.468 e. The zero-order valence-corrected chi connectivity index (χ0v) is 13.0. The summed E-state index contributed by atoms with van der Waals surface area (Å²) in [4.78, 5) is 2.36. The number of rotatable bonds is 8. The summed E-state index contributed by atoms with van der Waals surface area (Å²) in [6, 6.07) is 2.06. The van der Waals surface area contributed by atoms with E-state index in [0.29, 0.717) is 0 Å². The Hall–Kier alpha value is -0.840. The molecule has 110 valence electrons. The fraction of sp³-hybridized carbons (Fsp3) is 0.733. The van der Waals surface area contributed by atoms with Gasteiger partial charge in [0.2, 0.25) is 0 Å². The van der Waals surface area contributed by atoms with Gasteiger partial charge in [0, 0.05) is 31.3 Å². The van der Waals surface area contributed by atoms with Gasteiger partial charge in [0.25, 0.3) is 0 Å². The quantitative estimate of drug-likeness (QED) is 0.786. The zero-order valence-electron chi connectivity index (χ0n) is 13.0. The van der Waals surface area contributed by atoms with E-state index in [1.54, 1.807) is 13.4 Å². The van der Waals surface area contributed by atoms with Crippen LogP contribution in [0.2, 0.25) is 0 Å². The average molecular weight is 268 g/mol. The minimum atomic E-state index is 0.102. The third-order valence-corrected chi connectivity index (χ3v) is 3.07. The van der Waals surface area contributed by atoms with E-state index in [-0.39, 0.29) is 5.54 Å². The predicted octanol–water partition coefficient (Wildman–Crippen LogP) is 2.64. The van der Waals surface area contributed by atoms with Gasteiger partial charge in [0.15, 0.2) is 0 Å². The number of methoxy groups -OCH3 is 1. The van der Waals surface area contributed by atoms with Crippen molar-refractivity contribution < 1.29 is 9.15 Å². The summed E-state index contributed by atoms with van der Waals surface area (Å²) in [5.74, 6) is 1.03. The summed E-state index contributed by atoms with van der Waals surface area (Å²) in [7, 11) is 1.74. The van der Waals surface area contributed by atoms with Crippen LogP contribution in [0.25, 0.3) is 0 Å². The van der Waals surface area contributed by atoms with E-state index < -0.39 is 0 Å². The first kappa shape index (κ1) is 16.2. The smallest absolute Gasteiger partial charge is 0.122 e. The molecular formula is C15H28N2O2. The highest BCUT2D eigenvalue weighted by atomic mass is 16.5. The maximum atomic E-state index is 5.59. The molecule has 0 saturated carbocycles. The van der Waals surface area contributed by atoms with Crippen molar-refractivity contribution >= 4 is 0 Å². The van der Waals surface area contributed by atoms with Crippen molar-refractivity contribution in [2.24, 2.45) is 0 Å². The summed E-state index contributed by atoms with van der Waals surface area (Å²) in [5, 5.41) is 3.46. The van der Waals surface area contributed by atoms with Crippen molar-refractivity contribution in [1.29, 1.82) is 0 Å². The molecule has 19 heavy (non-hydrogen) atoms. The van der Waals surface area contributed by atoms with Gasteiger partial charge in [0.1, 0.15) is 5.76 Å². The topological polar surface area (TPSA) is 37.6 Å². The lowest BCUT2D eigenvalue weighted by atomic mass is 10.1. The number of hydrogen-bond donors (Lipinski definition) is 1. The predicted molar refractivity (Wildman–Crippen MR) is 78.1 cm³/mol. The Bertz CT molecular complexity index is 355. The molecule has 0 amide bonds. The molecule has 0 radical (unpaired) electrons. The summed E-state index contributed by atoms with van der Waals surface area (Å²) >= 11 is 0. The van der Waals surface area contributed by atoms with Crippen LogP contribution in [0.15, 0.2) is 16.7 Å². The number of nitrogens with one attached hydrogen (secondary N) is 1. The number of nitrogens with zero attached hydrogens (tertiary/aromatic N) is 1. The van der Waals surface area contributed by atoms with Gasteiger partial charge < -0.3 is 14.5 Å². The summed E-state index contributed by atoms with van der Waals surface area (Å²) in [5.41, 5.74) is 1.36. The number of hydrogen-bond acceptors (Lipinski definition) is 4. The van der Waals surface area contributed by atoms with Gasteiger partial charge in [-0.05, 0) is 33.4 Å². The van der Waals surface area contributed by atoms with Crippen molar-refractivity contribution in [2.45, 2.75) is 46.3 Å². The minimum absolute atomic E-state index is 0.102. The van der Waals surface area contributed by atoms with Crippen molar-refractivity contribution in [3.05, 3.63) is 23.7 Å². The molecule has 1 aromatic heterocycles. The number of ether oxygens (including phenoxy) is 1. The summed E-state index contributed by atoms with van der Waals surface area (Å²) in [6.45, 7) is 13.1. The first-order chi connectivity index (χ1) is 8.96. The molecule has 4 nitrogen and oxygen atoms in total. The molecule has 0 unspecified atom stereocenters. The third kappa shape index (κ3) is 6.23. The molecule has 1 aromatic rings. The molecule has 0 bridgehead atoms. The van der Waals surface area contributed by atoms with Crippen LogP contribution >= 0.6 is 0 Å². The Balaban J connectivity index is 2.56. The molecule has 0 aromatic carbocycles. The van der Waals surface area contributed by atoms with E-state index >= 15 is 0 Å². The molecule has 0 atom stereocenters. The first-order valence-corrected chi connectivity index (χ1v) is 6.98. The van der Waals surface area contributed by atoms with E-state index in [4.69, 9.17) is 9.15 Å². The summed E-state index contributed by atoms with van der Waals surface area (Å²) < 4.78 is 10.7. The van der Waals surface area contributed by atoms with Crippen LogP contribution in [-0.2, 0) is 17.8 Å². The standard InChI is InChI=1S/C15H28N2O2/c1-6-17(8-10-18-5)12-13-7-9-19-14(13)11-16-15(2,3)4/h7,9,16H,6,8,10-12H2,1-5H3. The van der Waals surface area contributed by atoms with Gasteiger partial charge >= 0.3 is 0 Å². The third-order valence-electron chi connectivity index (χ3n) is 3.07. The van der Waals surface area contributed by atoms with E-state index in [2.05, 4.69) is 44.0 Å². The van der Waals surface area contributed by atoms with Gasteiger partial charge in [-0.2, -0.15) is 0 Å². The van der Waals surface area contributed by atoms with Gasteiger partial charge in [-0.1, -0.05) is 6.92 Å². The van der Waals surface area contributed by atoms with Crippen LogP contribution in [-0.4, -0.2) is 37.2 Å². The van der Waals surface area contributed by atoms with Crippen LogP contribution in [0.4, 0.5) is 0 Å². The van der Waals surface area contributed by atoms with Crippen LogP contribution < -0.4 is 5.32 Å². The van der Waals surface area contributed by atoms with E-state index in [0.717, 1.165) is 38.5 Å². The molecule has 0 aliphatic rings. The monoisotopic (exact) mass is 268 g/mol. The number of likely N-dealkylation sites (N-methyl/N-ethyl adjacent to an activating group) is 1. The Morgan fingerprint density at radius 2 is 2.11 bits per heavy atom. The zero-order chi connectivity index (χ0) is 14.3. The van der Waals surface area contributed by atoms with E-state index in [9.17, 15) is 0 Å². The maximum absolute atomic E-state index is 5.59. The Kier molecular flexibility index (Phi) is 6.55. The van der Waals surface area contributed by atoms with Crippen molar-refractivity contribution in [1.82, 2.24) is 10.2 Å². The first-order valence-electron chi connectivity index (χ1n) is 6.98. The normalized spacial score (nSPS) is 12.3. The lowest BCUT2D eigenvalue weighted by Crippen LogP contribution is -2.35. The van der Waals surface area contributed by atoms with E-state index in [1.807, 2.05) is 0 Å². The van der Waals surface area contributed by atoms with Crippen molar-refractivity contribution in [3.8, 4) is 0 Å². The highest BCUT2D eigenvalue weighted by Crippen LogP contribution is 2.14. The van der Waals surface area contributed by atoms with Crippen LogP contribution in [0.5, 0.6) is 0 Å². The molecule has 0 spiro atoms. The Morgan fingerprint density at radius 1 is 1.37 bits per heavy atom. The second-order valence-electron chi connectivity index (χ2n) is 5.83. The highest BCUT2D eigenvalue weighted by molar-refractivity contribution is 5.17. The fourth-order valence-corrected chi connectivity index (χ4v) is 1.82. The van der Waals surface area contributed by atoms with Crippen LogP contribution in [0, 0.1) is 0 Å². The van der Waals surface area contributed by atoms with Gasteiger partial charge in [-0.3, -0.25) is 4.90 Å². The summed E-state index contributed by atoms with van der Waals surface area (Å²) in [6.07, 6.45) is 1.78.